The number of methoxy groups -OCH3 is 1. The van der Waals surface area contributed by atoms with Crippen molar-refractivity contribution in [3.63, 3.8) is 0 Å². The second kappa shape index (κ2) is 6.51. The maximum absolute atomic E-state index is 6.00. The average Bonchev–Trinajstić information content (AvgIpc) is 2.42. The van der Waals surface area contributed by atoms with Gasteiger partial charge < -0.3 is 10.1 Å². The maximum Gasteiger partial charge on any atom is 0.124 e. The summed E-state index contributed by atoms with van der Waals surface area (Å²) in [5.74, 6) is 0.901. The second-order valence-electron chi connectivity index (χ2n) is 4.74. The molecule has 2 aromatic carbocycles. The quantitative estimate of drug-likeness (QED) is 0.772. The van der Waals surface area contributed by atoms with E-state index in [2.05, 4.69) is 47.2 Å². The van der Waals surface area contributed by atoms with Crippen LogP contribution in [0.15, 0.2) is 40.9 Å². The molecule has 1 unspecified atom stereocenters. The summed E-state index contributed by atoms with van der Waals surface area (Å²) in [7, 11) is 1.70. The van der Waals surface area contributed by atoms with Gasteiger partial charge in [0.05, 0.1) is 18.2 Å². The van der Waals surface area contributed by atoms with E-state index in [1.807, 2.05) is 24.3 Å². The molecular formula is C16H17BrClNO. The molecule has 1 atom stereocenters. The first kappa shape index (κ1) is 15.2. The number of halogens is 2. The lowest BCUT2D eigenvalue weighted by Gasteiger charge is -2.19. The Morgan fingerprint density at radius 2 is 1.95 bits per heavy atom. The van der Waals surface area contributed by atoms with Crippen LogP contribution in [0.1, 0.15) is 24.1 Å². The number of hydrogen-bond acceptors (Lipinski definition) is 2. The zero-order chi connectivity index (χ0) is 14.7. The van der Waals surface area contributed by atoms with Crippen LogP contribution in [0.2, 0.25) is 5.02 Å². The van der Waals surface area contributed by atoms with Gasteiger partial charge >= 0.3 is 0 Å². The summed E-state index contributed by atoms with van der Waals surface area (Å²) in [5.41, 5.74) is 3.33. The van der Waals surface area contributed by atoms with E-state index in [0.29, 0.717) is 5.02 Å². The van der Waals surface area contributed by atoms with E-state index in [0.717, 1.165) is 21.5 Å². The van der Waals surface area contributed by atoms with Crippen LogP contribution in [-0.4, -0.2) is 7.11 Å². The Morgan fingerprint density at radius 3 is 2.60 bits per heavy atom. The molecule has 0 aromatic heterocycles. The number of ether oxygens (including phenoxy) is 1. The van der Waals surface area contributed by atoms with E-state index in [-0.39, 0.29) is 6.04 Å². The van der Waals surface area contributed by atoms with Gasteiger partial charge in [-0.3, -0.25) is 0 Å². The van der Waals surface area contributed by atoms with Gasteiger partial charge in [-0.15, -0.1) is 0 Å². The zero-order valence-corrected chi connectivity index (χ0v) is 14.0. The van der Waals surface area contributed by atoms with Crippen molar-refractivity contribution in [1.82, 2.24) is 0 Å². The third-order valence-corrected chi connectivity index (χ3v) is 4.37. The third kappa shape index (κ3) is 3.47. The van der Waals surface area contributed by atoms with Crippen molar-refractivity contribution < 1.29 is 4.74 Å². The second-order valence-corrected chi connectivity index (χ2v) is 6.00. The van der Waals surface area contributed by atoms with Gasteiger partial charge in [0, 0.05) is 15.7 Å². The van der Waals surface area contributed by atoms with Crippen LogP contribution in [0.4, 0.5) is 5.69 Å². The van der Waals surface area contributed by atoms with E-state index < -0.39 is 0 Å². The van der Waals surface area contributed by atoms with Gasteiger partial charge in [0.1, 0.15) is 5.75 Å². The minimum atomic E-state index is 0.138. The predicted molar refractivity (Wildman–Crippen MR) is 88.9 cm³/mol. The molecule has 0 aliphatic carbocycles. The summed E-state index contributed by atoms with van der Waals surface area (Å²) < 4.78 is 6.34. The van der Waals surface area contributed by atoms with Crippen LogP contribution in [-0.2, 0) is 0 Å². The van der Waals surface area contributed by atoms with Crippen LogP contribution >= 0.6 is 27.5 Å². The fourth-order valence-corrected chi connectivity index (χ4v) is 2.59. The Hall–Kier alpha value is -1.19. The molecule has 2 rings (SSSR count). The van der Waals surface area contributed by atoms with Gasteiger partial charge in [-0.25, -0.2) is 0 Å². The van der Waals surface area contributed by atoms with Crippen LogP contribution in [0, 0.1) is 6.92 Å². The van der Waals surface area contributed by atoms with E-state index in [1.165, 1.54) is 5.56 Å². The molecule has 0 amide bonds. The fourth-order valence-electron chi connectivity index (χ4n) is 2.09. The molecule has 2 aromatic rings. The largest absolute Gasteiger partial charge is 0.496 e. The Bertz CT molecular complexity index is 615. The Balaban J connectivity index is 2.23. The molecule has 0 bridgehead atoms. The SMILES string of the molecule is COc1cc(C)ccc1C(C)Nc1ccc(Cl)c(Br)c1. The molecule has 20 heavy (non-hydrogen) atoms. The lowest BCUT2D eigenvalue weighted by atomic mass is 10.0. The maximum atomic E-state index is 6.00. The van der Waals surface area contributed by atoms with Gasteiger partial charge in [-0.1, -0.05) is 23.7 Å². The summed E-state index contributed by atoms with van der Waals surface area (Å²) in [6.07, 6.45) is 0. The van der Waals surface area contributed by atoms with Crippen LogP contribution in [0.25, 0.3) is 0 Å². The highest BCUT2D eigenvalue weighted by Gasteiger charge is 2.12. The van der Waals surface area contributed by atoms with Crippen molar-refractivity contribution in [3.8, 4) is 5.75 Å². The summed E-state index contributed by atoms with van der Waals surface area (Å²) in [6, 6.07) is 12.2. The molecule has 0 aliphatic heterocycles. The normalized spacial score (nSPS) is 12.1. The monoisotopic (exact) mass is 353 g/mol. The molecular weight excluding hydrogens is 338 g/mol. The molecule has 0 spiro atoms. The number of nitrogens with one attached hydrogen (secondary N) is 1. The average molecular weight is 355 g/mol. The van der Waals surface area contributed by atoms with Crippen LogP contribution in [0.3, 0.4) is 0 Å². The molecule has 0 saturated heterocycles. The van der Waals surface area contributed by atoms with E-state index in [9.17, 15) is 0 Å². The lowest BCUT2D eigenvalue weighted by Crippen LogP contribution is -2.08. The fraction of sp³-hybridized carbons (Fsp3) is 0.250. The number of aryl methyl sites for hydroxylation is 1. The number of rotatable bonds is 4. The molecule has 0 saturated carbocycles. The minimum Gasteiger partial charge on any atom is -0.496 e. The van der Waals surface area contributed by atoms with Crippen molar-refractivity contribution >= 4 is 33.2 Å². The van der Waals surface area contributed by atoms with Gasteiger partial charge in [0.25, 0.3) is 0 Å². The van der Waals surface area contributed by atoms with E-state index in [4.69, 9.17) is 16.3 Å². The van der Waals surface area contributed by atoms with Gasteiger partial charge in [0.15, 0.2) is 0 Å². The molecule has 106 valence electrons. The highest BCUT2D eigenvalue weighted by atomic mass is 79.9. The molecule has 1 N–H and O–H groups in total. The van der Waals surface area contributed by atoms with Crippen molar-refractivity contribution in [1.29, 1.82) is 0 Å². The predicted octanol–water partition coefficient (Wildman–Crippen LogP) is 5.59. The highest BCUT2D eigenvalue weighted by Crippen LogP contribution is 2.31. The van der Waals surface area contributed by atoms with Crippen molar-refractivity contribution in [3.05, 3.63) is 57.0 Å². The van der Waals surface area contributed by atoms with Crippen LogP contribution in [0.5, 0.6) is 5.75 Å². The van der Waals surface area contributed by atoms with E-state index in [1.54, 1.807) is 7.11 Å². The van der Waals surface area contributed by atoms with Gasteiger partial charge in [-0.05, 0) is 59.6 Å². The summed E-state index contributed by atoms with van der Waals surface area (Å²) in [6.45, 7) is 4.16. The highest BCUT2D eigenvalue weighted by molar-refractivity contribution is 9.10. The molecule has 0 heterocycles. The lowest BCUT2D eigenvalue weighted by molar-refractivity contribution is 0.407. The van der Waals surface area contributed by atoms with Gasteiger partial charge in [0.2, 0.25) is 0 Å². The summed E-state index contributed by atoms with van der Waals surface area (Å²) in [4.78, 5) is 0. The number of hydrogen-bond donors (Lipinski definition) is 1. The Labute approximate surface area is 133 Å². The molecule has 0 aliphatic rings. The third-order valence-electron chi connectivity index (χ3n) is 3.16. The number of anilines is 1. The molecule has 0 radical (unpaired) electrons. The topological polar surface area (TPSA) is 21.3 Å². The first-order valence-electron chi connectivity index (χ1n) is 6.37. The Morgan fingerprint density at radius 1 is 1.20 bits per heavy atom. The van der Waals surface area contributed by atoms with Crippen LogP contribution < -0.4 is 10.1 Å². The minimum absolute atomic E-state index is 0.138. The first-order chi connectivity index (χ1) is 9.51. The molecule has 2 nitrogen and oxygen atoms in total. The summed E-state index contributed by atoms with van der Waals surface area (Å²) >= 11 is 9.44. The molecule has 4 heteroatoms. The number of benzene rings is 2. The first-order valence-corrected chi connectivity index (χ1v) is 7.54. The molecule has 0 fully saturated rings. The zero-order valence-electron chi connectivity index (χ0n) is 11.7. The summed E-state index contributed by atoms with van der Waals surface area (Å²) in [5, 5.41) is 4.16. The smallest absolute Gasteiger partial charge is 0.124 e. The van der Waals surface area contributed by atoms with Gasteiger partial charge in [-0.2, -0.15) is 0 Å². The van der Waals surface area contributed by atoms with Crippen molar-refractivity contribution in [2.24, 2.45) is 0 Å². The van der Waals surface area contributed by atoms with E-state index >= 15 is 0 Å². The van der Waals surface area contributed by atoms with Crippen molar-refractivity contribution in [2.45, 2.75) is 19.9 Å². The Kier molecular flexibility index (Phi) is 4.95. The standard InChI is InChI=1S/C16H17BrClNO/c1-10-4-6-13(16(8-10)20-3)11(2)19-12-5-7-15(18)14(17)9-12/h4-9,11,19H,1-3H3. The van der Waals surface area contributed by atoms with Crippen molar-refractivity contribution in [2.75, 3.05) is 12.4 Å².